The first kappa shape index (κ1) is 45.5. The molecule has 3 aromatic carbocycles. The predicted molar refractivity (Wildman–Crippen MR) is 214 cm³/mol. The van der Waals surface area contributed by atoms with Gasteiger partial charge in [-0.2, -0.15) is 0 Å². The zero-order valence-electron chi connectivity index (χ0n) is 32.8. The summed E-state index contributed by atoms with van der Waals surface area (Å²) in [7, 11) is 0. The van der Waals surface area contributed by atoms with Crippen LogP contribution in [0.3, 0.4) is 0 Å². The van der Waals surface area contributed by atoms with Crippen molar-refractivity contribution in [1.29, 1.82) is 0 Å². The molecule has 0 amide bonds. The number of unbranched alkanes of at least 4 members (excludes halogenated alkanes) is 10. The number of hydrogen-bond acceptors (Lipinski definition) is 12. The van der Waals surface area contributed by atoms with Gasteiger partial charge in [0, 0.05) is 12.2 Å². The molecule has 0 aliphatic rings. The Morgan fingerprint density at radius 3 is 1.30 bits per heavy atom. The van der Waals surface area contributed by atoms with Crippen molar-refractivity contribution in [3.63, 3.8) is 0 Å². The fourth-order valence-electron chi connectivity index (χ4n) is 5.43. The van der Waals surface area contributed by atoms with Crippen LogP contribution in [0.4, 0.5) is 0 Å². The van der Waals surface area contributed by atoms with E-state index in [4.69, 9.17) is 33.2 Å². The summed E-state index contributed by atoms with van der Waals surface area (Å²) >= 11 is 0. The Hall–Kier alpha value is -5.91. The maximum atomic E-state index is 13.2. The topological polar surface area (TPSA) is 150 Å². The Kier molecular flexibility index (Phi) is 21.4. The largest absolute Gasteiger partial charge is 0.494 e. The summed E-state index contributed by atoms with van der Waals surface area (Å²) in [5, 5.41) is 0. The summed E-state index contributed by atoms with van der Waals surface area (Å²) in [5.74, 6) is -1.33. The number of carbonyl (C=O) groups is 5. The van der Waals surface area contributed by atoms with Crippen molar-refractivity contribution < 1.29 is 57.1 Å². The highest BCUT2D eigenvalue weighted by Gasteiger charge is 2.23. The average molecular weight is 787 g/mol. The Morgan fingerprint density at radius 2 is 0.860 bits per heavy atom. The fourth-order valence-corrected chi connectivity index (χ4v) is 5.43. The SMILES string of the molecule is C=CC(=O)OCCCCCCCCOc1ccc(OC(=O)c2ccc(C(=O)Oc3ccc(OCCCCCCCCOC(=O)C=C)cc3)c(C(=O)OCC)c2)cc1. The van der Waals surface area contributed by atoms with Crippen molar-refractivity contribution in [2.24, 2.45) is 0 Å². The molecule has 0 saturated carbocycles. The first-order valence-corrected chi connectivity index (χ1v) is 19.5. The lowest BCUT2D eigenvalue weighted by Gasteiger charge is -2.12. The highest BCUT2D eigenvalue weighted by molar-refractivity contribution is 6.06. The van der Waals surface area contributed by atoms with Gasteiger partial charge in [-0.1, -0.05) is 64.5 Å². The van der Waals surface area contributed by atoms with E-state index in [1.807, 2.05) is 0 Å². The van der Waals surface area contributed by atoms with Gasteiger partial charge in [0.1, 0.15) is 23.0 Å². The van der Waals surface area contributed by atoms with Gasteiger partial charge < -0.3 is 33.2 Å². The van der Waals surface area contributed by atoms with Crippen molar-refractivity contribution in [2.75, 3.05) is 33.0 Å². The molecule has 0 aliphatic carbocycles. The third kappa shape index (κ3) is 18.1. The fraction of sp³-hybridized carbons (Fsp3) is 0.400. The number of benzene rings is 3. The van der Waals surface area contributed by atoms with Crippen LogP contribution in [0.15, 0.2) is 92.0 Å². The van der Waals surface area contributed by atoms with Gasteiger partial charge in [-0.15, -0.1) is 0 Å². The molecule has 0 unspecified atom stereocenters. The molecule has 306 valence electrons. The van der Waals surface area contributed by atoms with E-state index in [2.05, 4.69) is 13.2 Å². The highest BCUT2D eigenvalue weighted by Crippen LogP contribution is 2.23. The normalized spacial score (nSPS) is 10.5. The lowest BCUT2D eigenvalue weighted by Crippen LogP contribution is -2.18. The Labute approximate surface area is 335 Å². The Balaban J connectivity index is 1.42. The maximum Gasteiger partial charge on any atom is 0.344 e. The second kappa shape index (κ2) is 26.8. The van der Waals surface area contributed by atoms with Crippen LogP contribution >= 0.6 is 0 Å². The minimum atomic E-state index is -0.801. The van der Waals surface area contributed by atoms with Crippen LogP contribution in [-0.4, -0.2) is 62.9 Å². The lowest BCUT2D eigenvalue weighted by atomic mass is 10.0. The Bertz CT molecular complexity index is 1730. The molecule has 12 heteroatoms. The van der Waals surface area contributed by atoms with Crippen molar-refractivity contribution in [1.82, 2.24) is 0 Å². The van der Waals surface area contributed by atoms with Gasteiger partial charge in [-0.05, 0) is 99.3 Å². The van der Waals surface area contributed by atoms with E-state index in [1.54, 1.807) is 55.5 Å². The quantitative estimate of drug-likeness (QED) is 0.0227. The molecule has 0 atom stereocenters. The van der Waals surface area contributed by atoms with Gasteiger partial charge in [-0.25, -0.2) is 24.0 Å². The molecule has 0 bridgehead atoms. The van der Waals surface area contributed by atoms with Crippen molar-refractivity contribution in [3.8, 4) is 23.0 Å². The molecule has 0 aromatic heterocycles. The molecule has 0 fully saturated rings. The third-order valence-corrected chi connectivity index (χ3v) is 8.48. The van der Waals surface area contributed by atoms with E-state index in [9.17, 15) is 24.0 Å². The smallest absolute Gasteiger partial charge is 0.344 e. The van der Waals surface area contributed by atoms with Crippen LogP contribution in [0.1, 0.15) is 115 Å². The molecule has 3 rings (SSSR count). The molecular weight excluding hydrogens is 732 g/mol. The van der Waals surface area contributed by atoms with Crippen LogP contribution in [0.25, 0.3) is 0 Å². The zero-order valence-corrected chi connectivity index (χ0v) is 32.8. The van der Waals surface area contributed by atoms with Gasteiger partial charge in [0.15, 0.2) is 0 Å². The zero-order chi connectivity index (χ0) is 41.1. The van der Waals surface area contributed by atoms with Gasteiger partial charge in [-0.3, -0.25) is 0 Å². The van der Waals surface area contributed by atoms with Crippen LogP contribution < -0.4 is 18.9 Å². The summed E-state index contributed by atoms with van der Waals surface area (Å²) in [4.78, 5) is 61.2. The first-order valence-electron chi connectivity index (χ1n) is 19.5. The number of esters is 5. The Morgan fingerprint density at radius 1 is 0.456 bits per heavy atom. The molecule has 0 radical (unpaired) electrons. The number of ether oxygens (including phenoxy) is 7. The monoisotopic (exact) mass is 786 g/mol. The first-order chi connectivity index (χ1) is 27.7. The van der Waals surface area contributed by atoms with Crippen molar-refractivity contribution in [2.45, 2.75) is 84.0 Å². The van der Waals surface area contributed by atoms with Crippen LogP contribution in [0.5, 0.6) is 23.0 Å². The van der Waals surface area contributed by atoms with E-state index in [0.717, 1.165) is 89.2 Å². The lowest BCUT2D eigenvalue weighted by molar-refractivity contribution is -0.138. The number of rotatable bonds is 28. The number of hydrogen-bond donors (Lipinski definition) is 0. The van der Waals surface area contributed by atoms with Gasteiger partial charge in [0.25, 0.3) is 0 Å². The van der Waals surface area contributed by atoms with Crippen molar-refractivity contribution >= 4 is 29.8 Å². The molecule has 0 saturated heterocycles. The summed E-state index contributed by atoms with van der Waals surface area (Å²) in [6.07, 6.45) is 14.0. The van der Waals surface area contributed by atoms with Crippen LogP contribution in [-0.2, 0) is 23.8 Å². The molecule has 57 heavy (non-hydrogen) atoms. The molecular formula is C45H54O12. The average Bonchev–Trinajstić information content (AvgIpc) is 3.22. The minimum Gasteiger partial charge on any atom is -0.494 e. The minimum absolute atomic E-state index is 0.0424. The van der Waals surface area contributed by atoms with E-state index in [-0.39, 0.29) is 34.8 Å². The van der Waals surface area contributed by atoms with E-state index in [0.29, 0.717) is 37.9 Å². The maximum absolute atomic E-state index is 13.2. The molecule has 12 nitrogen and oxygen atoms in total. The molecule has 3 aromatic rings. The second-order valence-corrected chi connectivity index (χ2v) is 12.9. The standard InChI is InChI=1S/C45H54O12/c1-4-41(46)54-31-17-13-9-7-11-15-29-52-35-20-24-37(25-21-35)56-43(48)34-19-28-39(40(33-34)44(49)51-6-3)45(50)57-38-26-22-36(23-27-38)53-30-16-12-8-10-14-18-32-55-42(47)5-2/h4-5,19-28,33H,1-2,6-18,29-32H2,3H3. The van der Waals surface area contributed by atoms with E-state index in [1.165, 1.54) is 18.2 Å². The molecule has 0 heterocycles. The van der Waals surface area contributed by atoms with Crippen molar-refractivity contribution in [3.05, 3.63) is 109 Å². The second-order valence-electron chi connectivity index (χ2n) is 12.9. The third-order valence-electron chi connectivity index (χ3n) is 8.48. The summed E-state index contributed by atoms with van der Waals surface area (Å²) in [6.45, 7) is 10.3. The van der Waals surface area contributed by atoms with Crippen LogP contribution in [0.2, 0.25) is 0 Å². The predicted octanol–water partition coefficient (Wildman–Crippen LogP) is 9.20. The van der Waals surface area contributed by atoms with E-state index < -0.39 is 29.8 Å². The van der Waals surface area contributed by atoms with Gasteiger partial charge in [0.2, 0.25) is 0 Å². The molecule has 0 N–H and O–H groups in total. The number of carbonyl (C=O) groups excluding carboxylic acids is 5. The van der Waals surface area contributed by atoms with E-state index >= 15 is 0 Å². The van der Waals surface area contributed by atoms with Gasteiger partial charge in [0.05, 0.1) is 49.7 Å². The summed E-state index contributed by atoms with van der Waals surface area (Å²) < 4.78 is 37.8. The molecule has 0 spiro atoms. The highest BCUT2D eigenvalue weighted by atomic mass is 16.6. The summed E-state index contributed by atoms with van der Waals surface area (Å²) in [6, 6.07) is 17.2. The summed E-state index contributed by atoms with van der Waals surface area (Å²) in [5.41, 5.74) is -0.165. The molecule has 0 aliphatic heterocycles. The van der Waals surface area contributed by atoms with Gasteiger partial charge >= 0.3 is 29.8 Å². The van der Waals surface area contributed by atoms with Crippen LogP contribution in [0, 0.1) is 0 Å².